The van der Waals surface area contributed by atoms with Crippen molar-refractivity contribution >= 4 is 28.2 Å². The molecule has 1 aliphatic heterocycles. The number of fused-ring (bicyclic) bond motifs is 6. The minimum absolute atomic E-state index is 0.0268. The van der Waals surface area contributed by atoms with Crippen LogP contribution in [0.1, 0.15) is 124 Å². The lowest BCUT2D eigenvalue weighted by Gasteiger charge is -2.53. The summed E-state index contributed by atoms with van der Waals surface area (Å²) in [6.45, 7) is 3.56. The van der Waals surface area contributed by atoms with Crippen molar-refractivity contribution in [2.24, 2.45) is 23.2 Å². The predicted octanol–water partition coefficient (Wildman–Crippen LogP) is 10.6. The normalized spacial score (nSPS) is 27.8. The number of benzene rings is 1. The zero-order valence-corrected chi connectivity index (χ0v) is 31.9. The molecule has 6 rings (SSSR count). The first-order valence-electron chi connectivity index (χ1n) is 19.4. The van der Waals surface area contributed by atoms with E-state index in [1.54, 1.807) is 16.2 Å². The van der Waals surface area contributed by atoms with Gasteiger partial charge in [-0.2, -0.15) is 22.0 Å². The number of halogens is 5. The molecule has 0 radical (unpaired) electrons. The van der Waals surface area contributed by atoms with Gasteiger partial charge in [-0.25, -0.2) is 4.79 Å². The van der Waals surface area contributed by atoms with Gasteiger partial charge >= 0.3 is 18.2 Å². The van der Waals surface area contributed by atoms with E-state index < -0.39 is 35.7 Å². The Kier molecular flexibility index (Phi) is 12.8. The number of alkyl halides is 5. The summed E-state index contributed by atoms with van der Waals surface area (Å²) in [5.74, 6) is -1.90. The van der Waals surface area contributed by atoms with Crippen molar-refractivity contribution in [2.45, 2.75) is 140 Å². The Labute approximate surface area is 311 Å². The predicted molar refractivity (Wildman–Crippen MR) is 195 cm³/mol. The molecule has 1 aromatic heterocycles. The summed E-state index contributed by atoms with van der Waals surface area (Å²) < 4.78 is 81.1. The van der Waals surface area contributed by atoms with E-state index in [-0.39, 0.29) is 23.4 Å². The molecule has 4 aliphatic rings. The average Bonchev–Trinajstić information content (AvgIpc) is 3.69. The van der Waals surface area contributed by atoms with Gasteiger partial charge in [0.1, 0.15) is 5.75 Å². The molecule has 7 unspecified atom stereocenters. The summed E-state index contributed by atoms with van der Waals surface area (Å²) in [6, 6.07) is 8.38. The second-order valence-electron chi connectivity index (χ2n) is 16.1. The number of hydrogen-bond acceptors (Lipinski definition) is 5. The highest BCUT2D eigenvalue weighted by Gasteiger charge is 2.57. The van der Waals surface area contributed by atoms with Crippen molar-refractivity contribution < 1.29 is 40.8 Å². The second kappa shape index (κ2) is 16.8. The fourth-order valence-electron chi connectivity index (χ4n) is 9.91. The summed E-state index contributed by atoms with van der Waals surface area (Å²) in [7, 11) is -1.38. The van der Waals surface area contributed by atoms with E-state index >= 15 is 0 Å². The van der Waals surface area contributed by atoms with Gasteiger partial charge in [-0.1, -0.05) is 51.5 Å². The summed E-state index contributed by atoms with van der Waals surface area (Å²) >= 11 is 1.75. The number of aliphatic hydroxyl groups excluding tert-OH is 1. The van der Waals surface area contributed by atoms with Crippen LogP contribution in [0.3, 0.4) is 0 Å². The van der Waals surface area contributed by atoms with E-state index in [1.807, 2.05) is 6.07 Å². The van der Waals surface area contributed by atoms with Crippen LogP contribution in [0.15, 0.2) is 29.6 Å². The van der Waals surface area contributed by atoms with Gasteiger partial charge < -0.3 is 14.7 Å². The van der Waals surface area contributed by atoms with Crippen molar-refractivity contribution in [2.75, 3.05) is 18.1 Å². The molecule has 1 amide bonds. The third-order valence-corrected chi connectivity index (χ3v) is 15.3. The van der Waals surface area contributed by atoms with Gasteiger partial charge in [0.15, 0.2) is 0 Å². The molecule has 5 nitrogen and oxygen atoms in total. The third kappa shape index (κ3) is 8.90. The Balaban J connectivity index is 0.973. The van der Waals surface area contributed by atoms with E-state index in [0.29, 0.717) is 54.7 Å². The molecule has 1 aromatic carbocycles. The summed E-state index contributed by atoms with van der Waals surface area (Å²) in [4.78, 5) is 16.3. The Morgan fingerprint density at radius 2 is 1.71 bits per heavy atom. The molecular weight excluding hydrogens is 718 g/mol. The van der Waals surface area contributed by atoms with E-state index in [9.17, 15) is 36.1 Å². The molecule has 2 saturated carbocycles. The lowest BCUT2D eigenvalue weighted by atomic mass is 9.52. The lowest BCUT2D eigenvalue weighted by molar-refractivity contribution is -0.284. The van der Waals surface area contributed by atoms with Gasteiger partial charge in [-0.3, -0.25) is 4.21 Å². The number of aliphatic hydroxyl groups is 1. The molecule has 3 aliphatic carbocycles. The number of thiophene rings is 1. The molecular formula is C40H54F5NO4S2. The zero-order valence-electron chi connectivity index (χ0n) is 30.2. The van der Waals surface area contributed by atoms with Crippen LogP contribution in [-0.2, 0) is 30.2 Å². The summed E-state index contributed by atoms with van der Waals surface area (Å²) in [6.07, 6.45) is 6.11. The minimum Gasteiger partial charge on any atom is -0.410 e. The first-order valence-corrected chi connectivity index (χ1v) is 21.8. The van der Waals surface area contributed by atoms with Crippen molar-refractivity contribution in [3.8, 4) is 5.75 Å². The number of ether oxygens (including phenoxy) is 1. The topological polar surface area (TPSA) is 66.8 Å². The summed E-state index contributed by atoms with van der Waals surface area (Å²) in [5, 5.41) is 13.1. The lowest BCUT2D eigenvalue weighted by Crippen LogP contribution is -2.47. The fourth-order valence-corrected chi connectivity index (χ4v) is 12.0. The average molecular weight is 772 g/mol. The summed E-state index contributed by atoms with van der Waals surface area (Å²) in [5.41, 5.74) is 3.87. The van der Waals surface area contributed by atoms with Crippen LogP contribution < -0.4 is 4.74 Å². The van der Waals surface area contributed by atoms with Gasteiger partial charge in [0.05, 0.1) is 12.6 Å². The van der Waals surface area contributed by atoms with Crippen LogP contribution >= 0.6 is 11.3 Å². The molecule has 290 valence electrons. The number of nitrogens with zero attached hydrogens (tertiary/aromatic N) is 1. The zero-order chi connectivity index (χ0) is 37.1. The van der Waals surface area contributed by atoms with Crippen molar-refractivity contribution in [3.63, 3.8) is 0 Å². The van der Waals surface area contributed by atoms with Crippen LogP contribution in [-0.4, -0.2) is 56.6 Å². The molecule has 1 N–H and O–H groups in total. The molecule has 7 atom stereocenters. The smallest absolute Gasteiger partial charge is 0.410 e. The number of amides is 1. The van der Waals surface area contributed by atoms with Crippen LogP contribution in [0.4, 0.5) is 26.7 Å². The molecule has 2 aromatic rings. The molecule has 52 heavy (non-hydrogen) atoms. The number of unbranched alkanes of at least 4 members (excludes halogenated alkanes) is 6. The van der Waals surface area contributed by atoms with Crippen LogP contribution in [0, 0.1) is 23.2 Å². The molecule has 0 bridgehead atoms. The van der Waals surface area contributed by atoms with Gasteiger partial charge in [-0.15, -0.1) is 11.3 Å². The quantitative estimate of drug-likeness (QED) is 0.145. The standard InChI is InChI=1S/C40H54F5NO4S2/c1-38-19-15-32-31-12-11-30(50-37(48)46-20-16-34-28(26-46)17-21-51-34)25-29(31)24-27(36(32)33(38)13-14-35(38)47)10-7-5-3-2-4-6-8-22-52(49)23-9-18-39(41,42)40(43,44)45/h11-12,17,21,25,27,32-33,35-36,47H,2-10,13-16,18-20,22-24,26H2,1H3. The maximum Gasteiger partial charge on any atom is 0.453 e. The Hall–Kier alpha value is -2.05. The van der Waals surface area contributed by atoms with Crippen molar-refractivity contribution in [1.82, 2.24) is 4.90 Å². The monoisotopic (exact) mass is 771 g/mol. The van der Waals surface area contributed by atoms with Gasteiger partial charge in [-0.05, 0) is 127 Å². The highest BCUT2D eigenvalue weighted by Crippen LogP contribution is 2.62. The van der Waals surface area contributed by atoms with E-state index in [2.05, 4.69) is 30.5 Å². The van der Waals surface area contributed by atoms with Gasteiger partial charge in [0.25, 0.3) is 0 Å². The maximum atomic E-state index is 13.2. The fraction of sp³-hybridized carbons (Fsp3) is 0.725. The second-order valence-corrected chi connectivity index (χ2v) is 18.8. The van der Waals surface area contributed by atoms with Crippen LogP contribution in [0.25, 0.3) is 0 Å². The SMILES string of the molecule is CC12CCC3c4ccc(OC(=O)N5CCc6sccc6C5)cc4CC(CCCCCCCCCS(=O)CCCC(F)(F)C(F)(F)F)C3C1CCC2O. The van der Waals surface area contributed by atoms with Crippen molar-refractivity contribution in [1.29, 1.82) is 0 Å². The minimum atomic E-state index is -5.56. The Bertz CT molecular complexity index is 1550. The largest absolute Gasteiger partial charge is 0.453 e. The first kappa shape index (κ1) is 39.6. The third-order valence-electron chi connectivity index (χ3n) is 12.8. The van der Waals surface area contributed by atoms with Crippen molar-refractivity contribution in [3.05, 3.63) is 51.2 Å². The van der Waals surface area contributed by atoms with E-state index in [0.717, 1.165) is 83.5 Å². The molecule has 2 heterocycles. The number of rotatable bonds is 15. The van der Waals surface area contributed by atoms with E-state index in [4.69, 9.17) is 4.74 Å². The van der Waals surface area contributed by atoms with E-state index in [1.165, 1.54) is 21.6 Å². The van der Waals surface area contributed by atoms with Gasteiger partial charge in [0, 0.05) is 40.1 Å². The van der Waals surface area contributed by atoms with Gasteiger partial charge in [0.2, 0.25) is 0 Å². The highest BCUT2D eigenvalue weighted by molar-refractivity contribution is 7.84. The molecule has 0 spiro atoms. The number of carbonyl (C=O) groups is 1. The number of hydrogen-bond donors (Lipinski definition) is 1. The molecule has 0 saturated heterocycles. The Morgan fingerprint density at radius 3 is 2.48 bits per heavy atom. The van der Waals surface area contributed by atoms with Crippen LogP contribution in [0.5, 0.6) is 5.75 Å². The first-order chi connectivity index (χ1) is 24.8. The highest BCUT2D eigenvalue weighted by atomic mass is 32.2. The maximum absolute atomic E-state index is 13.2. The van der Waals surface area contributed by atoms with Crippen LogP contribution in [0.2, 0.25) is 0 Å². The molecule has 12 heteroatoms. The molecule has 2 fully saturated rings. The Morgan fingerprint density at radius 1 is 0.981 bits per heavy atom. The number of carbonyl (C=O) groups excluding carboxylic acids is 1.